The van der Waals surface area contributed by atoms with Crippen molar-refractivity contribution in [1.29, 1.82) is 0 Å². The second kappa shape index (κ2) is 9.37. The third kappa shape index (κ3) is 4.65. The lowest BCUT2D eigenvalue weighted by Gasteiger charge is -2.37. The first-order valence-electron chi connectivity index (χ1n) is 12.0. The summed E-state index contributed by atoms with van der Waals surface area (Å²) in [6.07, 6.45) is 1.61. The summed E-state index contributed by atoms with van der Waals surface area (Å²) in [5.74, 6) is 2.87. The van der Waals surface area contributed by atoms with Crippen LogP contribution in [-0.4, -0.2) is 76.2 Å². The minimum atomic E-state index is -0.658. The molecule has 0 bridgehead atoms. The van der Waals surface area contributed by atoms with Gasteiger partial charge in [0.1, 0.15) is 17.5 Å². The van der Waals surface area contributed by atoms with Gasteiger partial charge in [-0.1, -0.05) is 42.1 Å². The van der Waals surface area contributed by atoms with Gasteiger partial charge in [-0.25, -0.2) is 9.97 Å². The van der Waals surface area contributed by atoms with Crippen molar-refractivity contribution in [2.24, 2.45) is 0 Å². The lowest BCUT2D eigenvalue weighted by Crippen LogP contribution is -2.55. The average Bonchev–Trinajstić information content (AvgIpc) is 3.76. The Hall–Kier alpha value is -3.33. The van der Waals surface area contributed by atoms with E-state index in [1.54, 1.807) is 11.0 Å². The largest absolute Gasteiger partial charge is 0.485 e. The van der Waals surface area contributed by atoms with Crippen LogP contribution < -0.4 is 9.47 Å². The van der Waals surface area contributed by atoms with Gasteiger partial charge in [-0.3, -0.25) is 9.59 Å². The van der Waals surface area contributed by atoms with Crippen molar-refractivity contribution in [3.63, 3.8) is 0 Å². The third-order valence-corrected chi connectivity index (χ3v) is 7.56. The summed E-state index contributed by atoms with van der Waals surface area (Å²) in [4.78, 5) is 39.0. The van der Waals surface area contributed by atoms with Crippen LogP contribution >= 0.6 is 11.8 Å². The Morgan fingerprint density at radius 3 is 2.43 bits per heavy atom. The number of amides is 2. The van der Waals surface area contributed by atoms with Crippen LogP contribution in [0.5, 0.6) is 11.5 Å². The minimum absolute atomic E-state index is 0.0592. The molecular weight excluding hydrogens is 464 g/mol. The summed E-state index contributed by atoms with van der Waals surface area (Å²) in [5, 5.41) is 1.86. The van der Waals surface area contributed by atoms with Crippen LogP contribution in [-0.2, 0) is 9.59 Å². The van der Waals surface area contributed by atoms with Gasteiger partial charge in [0.05, 0.1) is 11.3 Å². The zero-order chi connectivity index (χ0) is 23.8. The summed E-state index contributed by atoms with van der Waals surface area (Å²) in [6, 6.07) is 15.3. The highest BCUT2D eigenvalue weighted by molar-refractivity contribution is 8.00. The zero-order valence-electron chi connectivity index (χ0n) is 19.3. The molecule has 35 heavy (non-hydrogen) atoms. The lowest BCUT2D eigenvalue weighted by atomic mass is 10.2. The van der Waals surface area contributed by atoms with Gasteiger partial charge in [-0.05, 0) is 31.0 Å². The van der Waals surface area contributed by atoms with E-state index in [0.717, 1.165) is 34.6 Å². The van der Waals surface area contributed by atoms with Crippen LogP contribution in [0.2, 0.25) is 0 Å². The smallest absolute Gasteiger partial charge is 0.267 e. The van der Waals surface area contributed by atoms with E-state index in [9.17, 15) is 9.59 Å². The molecule has 2 aromatic carbocycles. The zero-order valence-corrected chi connectivity index (χ0v) is 20.1. The quantitative estimate of drug-likeness (QED) is 0.401. The molecule has 3 heterocycles. The van der Waals surface area contributed by atoms with Gasteiger partial charge < -0.3 is 19.3 Å². The van der Waals surface area contributed by atoms with Gasteiger partial charge in [0.15, 0.2) is 11.5 Å². The number of nitrogens with zero attached hydrogens (tertiary/aromatic N) is 4. The maximum Gasteiger partial charge on any atom is 0.267 e. The molecule has 1 atom stereocenters. The van der Waals surface area contributed by atoms with Crippen molar-refractivity contribution in [3.8, 4) is 11.5 Å². The van der Waals surface area contributed by atoms with Gasteiger partial charge in [0.2, 0.25) is 12.0 Å². The van der Waals surface area contributed by atoms with Crippen molar-refractivity contribution in [2.45, 2.75) is 29.9 Å². The molecule has 1 aromatic heterocycles. The highest BCUT2D eigenvalue weighted by Crippen LogP contribution is 2.40. The molecule has 3 aliphatic rings. The minimum Gasteiger partial charge on any atom is -0.485 e. The first-order chi connectivity index (χ1) is 17.2. The summed E-state index contributed by atoms with van der Waals surface area (Å²) < 4.78 is 11.6. The number of thioether (sulfide) groups is 1. The van der Waals surface area contributed by atoms with E-state index in [1.807, 2.05) is 47.4 Å². The molecule has 0 spiro atoms. The van der Waals surface area contributed by atoms with Crippen molar-refractivity contribution >= 4 is 34.5 Å². The van der Waals surface area contributed by atoms with E-state index >= 15 is 0 Å². The standard InChI is InChI=1S/C26H26N4O4S/c31-23(16-35-25-18-5-1-2-6-19(18)27-24(28-25)17-9-10-17)29-11-13-30(14-12-29)26(32)22-15-33-20-7-3-4-8-21(20)34-22/h1-8,17,22H,9-16H2/t22-/m0/s1. The van der Waals surface area contributed by atoms with Gasteiger partial charge in [-0.2, -0.15) is 0 Å². The molecule has 3 aromatic rings. The molecule has 8 nitrogen and oxygen atoms in total. The van der Waals surface area contributed by atoms with Crippen molar-refractivity contribution in [3.05, 3.63) is 54.4 Å². The molecule has 180 valence electrons. The van der Waals surface area contributed by atoms with Crippen LogP contribution in [0.3, 0.4) is 0 Å². The van der Waals surface area contributed by atoms with Crippen molar-refractivity contribution in [2.75, 3.05) is 38.5 Å². The number of hydrogen-bond acceptors (Lipinski definition) is 7. The maximum atomic E-state index is 13.0. The van der Waals surface area contributed by atoms with Crippen molar-refractivity contribution in [1.82, 2.24) is 19.8 Å². The number of para-hydroxylation sites is 3. The number of aromatic nitrogens is 2. The predicted octanol–water partition coefficient (Wildman–Crippen LogP) is 3.11. The van der Waals surface area contributed by atoms with Crippen LogP contribution in [0, 0.1) is 0 Å². The molecule has 2 amide bonds. The van der Waals surface area contributed by atoms with E-state index in [1.165, 1.54) is 11.8 Å². The molecule has 1 aliphatic carbocycles. The molecule has 1 saturated heterocycles. The summed E-state index contributed by atoms with van der Waals surface area (Å²) >= 11 is 1.47. The summed E-state index contributed by atoms with van der Waals surface area (Å²) in [7, 11) is 0. The van der Waals surface area contributed by atoms with E-state index in [4.69, 9.17) is 19.4 Å². The second-order valence-corrected chi connectivity index (χ2v) is 10.0. The Balaban J connectivity index is 1.04. The van der Waals surface area contributed by atoms with E-state index in [-0.39, 0.29) is 18.4 Å². The Morgan fingerprint density at radius 1 is 0.914 bits per heavy atom. The van der Waals surface area contributed by atoms with Crippen LogP contribution in [0.4, 0.5) is 0 Å². The first kappa shape index (κ1) is 22.2. The highest BCUT2D eigenvalue weighted by atomic mass is 32.2. The Bertz CT molecular complexity index is 1270. The maximum absolute atomic E-state index is 13.0. The third-order valence-electron chi connectivity index (χ3n) is 6.59. The normalized spacial score (nSPS) is 19.6. The van der Waals surface area contributed by atoms with E-state index in [0.29, 0.717) is 49.3 Å². The number of carbonyl (C=O) groups excluding carboxylic acids is 2. The lowest BCUT2D eigenvalue weighted by molar-refractivity contribution is -0.145. The number of ether oxygens (including phenoxy) is 2. The fourth-order valence-electron chi connectivity index (χ4n) is 4.44. The fraction of sp³-hybridized carbons (Fsp3) is 0.385. The van der Waals surface area contributed by atoms with Gasteiger partial charge in [0, 0.05) is 37.5 Å². The topological polar surface area (TPSA) is 84.9 Å². The average molecular weight is 491 g/mol. The van der Waals surface area contributed by atoms with Gasteiger partial charge >= 0.3 is 0 Å². The molecule has 1 saturated carbocycles. The van der Waals surface area contributed by atoms with Crippen LogP contribution in [0.15, 0.2) is 53.6 Å². The van der Waals surface area contributed by atoms with Crippen LogP contribution in [0.25, 0.3) is 10.9 Å². The second-order valence-electron chi connectivity index (χ2n) is 9.04. The van der Waals surface area contributed by atoms with Crippen LogP contribution in [0.1, 0.15) is 24.6 Å². The Morgan fingerprint density at radius 2 is 1.63 bits per heavy atom. The highest BCUT2D eigenvalue weighted by Gasteiger charge is 2.33. The van der Waals surface area contributed by atoms with Gasteiger partial charge in [0.25, 0.3) is 5.91 Å². The monoisotopic (exact) mass is 490 g/mol. The van der Waals surface area contributed by atoms with E-state index in [2.05, 4.69) is 0 Å². The number of hydrogen-bond donors (Lipinski definition) is 0. The Labute approximate surface area is 207 Å². The molecule has 9 heteroatoms. The molecule has 2 aliphatic heterocycles. The summed E-state index contributed by atoms with van der Waals surface area (Å²) in [6.45, 7) is 2.18. The molecule has 0 unspecified atom stereocenters. The van der Waals surface area contributed by atoms with Gasteiger partial charge in [-0.15, -0.1) is 0 Å². The molecule has 2 fully saturated rings. The molecule has 0 radical (unpaired) electrons. The summed E-state index contributed by atoms with van der Waals surface area (Å²) in [5.41, 5.74) is 0.933. The number of piperazine rings is 1. The molecule has 0 N–H and O–H groups in total. The number of rotatable bonds is 5. The molecule has 6 rings (SSSR count). The predicted molar refractivity (Wildman–Crippen MR) is 132 cm³/mol. The van der Waals surface area contributed by atoms with Crippen molar-refractivity contribution < 1.29 is 19.1 Å². The number of benzene rings is 2. The number of carbonyl (C=O) groups is 2. The molecular formula is C26H26N4O4S. The SMILES string of the molecule is O=C(CSc1nc(C2CC2)nc2ccccc12)N1CCN(C(=O)[C@@H]2COc3ccccc3O2)CC1. The number of fused-ring (bicyclic) bond motifs is 2. The Kier molecular flexibility index (Phi) is 5.93. The first-order valence-corrected chi connectivity index (χ1v) is 13.0. The fourth-order valence-corrected chi connectivity index (χ4v) is 5.37. The van der Waals surface area contributed by atoms with E-state index < -0.39 is 6.10 Å².